The van der Waals surface area contributed by atoms with Crippen LogP contribution in [-0.4, -0.2) is 42.5 Å². The van der Waals surface area contributed by atoms with E-state index in [4.69, 9.17) is 5.73 Å². The van der Waals surface area contributed by atoms with Gasteiger partial charge in [-0.1, -0.05) is 0 Å². The van der Waals surface area contributed by atoms with Crippen LogP contribution in [0.3, 0.4) is 0 Å². The highest BCUT2D eigenvalue weighted by molar-refractivity contribution is 5.79. The molecule has 16 heavy (non-hydrogen) atoms. The average molecular weight is 225 g/mol. The van der Waals surface area contributed by atoms with Gasteiger partial charge in [-0.3, -0.25) is 9.69 Å². The monoisotopic (exact) mass is 225 g/mol. The third-order valence-electron chi connectivity index (χ3n) is 3.79. The van der Waals surface area contributed by atoms with Crippen LogP contribution in [0.15, 0.2) is 0 Å². The lowest BCUT2D eigenvalue weighted by molar-refractivity contribution is -0.123. The summed E-state index contributed by atoms with van der Waals surface area (Å²) in [6.07, 6.45) is 5.01. The number of nitrogens with two attached hydrogens (primary N) is 1. The van der Waals surface area contributed by atoms with Crippen LogP contribution < -0.4 is 11.1 Å². The van der Waals surface area contributed by atoms with E-state index in [1.807, 2.05) is 6.92 Å². The molecule has 0 spiro atoms. The first-order valence-corrected chi connectivity index (χ1v) is 6.44. The Morgan fingerprint density at radius 2 is 2.25 bits per heavy atom. The number of amides is 1. The molecule has 0 bridgehead atoms. The van der Waals surface area contributed by atoms with Gasteiger partial charge in [0.15, 0.2) is 0 Å². The summed E-state index contributed by atoms with van der Waals surface area (Å²) in [5, 5.41) is 3.42. The molecule has 2 unspecified atom stereocenters. The standard InChI is InChI=1S/C12H23N3O/c1-9(12(13)16)15(11-4-5-11)8-10-3-2-6-14-7-10/h9-11,14H,2-8H2,1H3,(H2,13,16). The molecule has 3 N–H and O–H groups in total. The van der Waals surface area contributed by atoms with Crippen molar-refractivity contribution in [2.24, 2.45) is 11.7 Å². The molecule has 2 aliphatic rings. The highest BCUT2D eigenvalue weighted by atomic mass is 16.1. The van der Waals surface area contributed by atoms with Crippen molar-refractivity contribution in [3.8, 4) is 0 Å². The normalized spacial score (nSPS) is 28.0. The maximum Gasteiger partial charge on any atom is 0.234 e. The highest BCUT2D eigenvalue weighted by Gasteiger charge is 2.35. The van der Waals surface area contributed by atoms with Crippen LogP contribution in [-0.2, 0) is 4.79 Å². The molecule has 1 saturated carbocycles. The minimum Gasteiger partial charge on any atom is -0.368 e. The summed E-state index contributed by atoms with van der Waals surface area (Å²) >= 11 is 0. The molecule has 4 nitrogen and oxygen atoms in total. The Morgan fingerprint density at radius 3 is 2.75 bits per heavy atom. The highest BCUT2D eigenvalue weighted by Crippen LogP contribution is 2.30. The fourth-order valence-electron chi connectivity index (χ4n) is 2.57. The predicted octanol–water partition coefficient (Wildman–Crippen LogP) is 0.324. The van der Waals surface area contributed by atoms with Gasteiger partial charge in [-0.15, -0.1) is 0 Å². The minimum atomic E-state index is -0.185. The van der Waals surface area contributed by atoms with E-state index in [0.717, 1.165) is 19.6 Å². The Labute approximate surface area is 97.6 Å². The van der Waals surface area contributed by atoms with Crippen LogP contribution >= 0.6 is 0 Å². The van der Waals surface area contributed by atoms with Crippen molar-refractivity contribution in [1.29, 1.82) is 0 Å². The maximum atomic E-state index is 11.3. The smallest absolute Gasteiger partial charge is 0.234 e. The molecule has 2 fully saturated rings. The largest absolute Gasteiger partial charge is 0.368 e. The molecule has 2 rings (SSSR count). The van der Waals surface area contributed by atoms with Gasteiger partial charge in [-0.05, 0) is 51.6 Å². The summed E-state index contributed by atoms with van der Waals surface area (Å²) in [5.74, 6) is 0.506. The molecule has 1 amide bonds. The SMILES string of the molecule is CC(C(N)=O)N(CC1CCCNC1)C1CC1. The molecule has 92 valence electrons. The fraction of sp³-hybridized carbons (Fsp3) is 0.917. The van der Waals surface area contributed by atoms with E-state index in [2.05, 4.69) is 10.2 Å². The average Bonchev–Trinajstić information content (AvgIpc) is 3.10. The Bertz CT molecular complexity index is 247. The number of primary amides is 1. The topological polar surface area (TPSA) is 58.4 Å². The van der Waals surface area contributed by atoms with E-state index in [1.54, 1.807) is 0 Å². The van der Waals surface area contributed by atoms with Gasteiger partial charge in [0, 0.05) is 12.6 Å². The quantitative estimate of drug-likeness (QED) is 0.708. The molecule has 0 aromatic rings. The van der Waals surface area contributed by atoms with Crippen molar-refractivity contribution in [2.45, 2.75) is 44.7 Å². The first kappa shape index (κ1) is 11.9. The lowest BCUT2D eigenvalue weighted by atomic mass is 9.98. The number of hydrogen-bond acceptors (Lipinski definition) is 3. The van der Waals surface area contributed by atoms with Gasteiger partial charge < -0.3 is 11.1 Å². The summed E-state index contributed by atoms with van der Waals surface area (Å²) < 4.78 is 0. The maximum absolute atomic E-state index is 11.3. The molecular formula is C12H23N3O. The van der Waals surface area contributed by atoms with Gasteiger partial charge in [-0.25, -0.2) is 0 Å². The molecule has 1 aliphatic carbocycles. The van der Waals surface area contributed by atoms with Crippen molar-refractivity contribution in [2.75, 3.05) is 19.6 Å². The van der Waals surface area contributed by atoms with Gasteiger partial charge in [0.2, 0.25) is 5.91 Å². The predicted molar refractivity (Wildman–Crippen MR) is 64.0 cm³/mol. The number of nitrogens with zero attached hydrogens (tertiary/aromatic N) is 1. The van der Waals surface area contributed by atoms with Crippen molar-refractivity contribution < 1.29 is 4.79 Å². The summed E-state index contributed by atoms with van der Waals surface area (Å²) in [5.41, 5.74) is 5.41. The third-order valence-corrected chi connectivity index (χ3v) is 3.79. The first-order valence-electron chi connectivity index (χ1n) is 6.44. The van der Waals surface area contributed by atoms with Crippen LogP contribution in [0.5, 0.6) is 0 Å². The minimum absolute atomic E-state index is 0.102. The van der Waals surface area contributed by atoms with Gasteiger partial charge in [-0.2, -0.15) is 0 Å². The van der Waals surface area contributed by atoms with E-state index < -0.39 is 0 Å². The molecule has 0 aromatic heterocycles. The van der Waals surface area contributed by atoms with E-state index in [9.17, 15) is 4.79 Å². The number of carbonyl (C=O) groups excluding carboxylic acids is 1. The van der Waals surface area contributed by atoms with E-state index in [1.165, 1.54) is 25.7 Å². The van der Waals surface area contributed by atoms with Crippen LogP contribution in [0.2, 0.25) is 0 Å². The van der Waals surface area contributed by atoms with Crippen LogP contribution in [0.1, 0.15) is 32.6 Å². The zero-order valence-corrected chi connectivity index (χ0v) is 10.1. The van der Waals surface area contributed by atoms with E-state index in [-0.39, 0.29) is 11.9 Å². The molecular weight excluding hydrogens is 202 g/mol. The molecule has 1 aliphatic heterocycles. The fourth-order valence-corrected chi connectivity index (χ4v) is 2.57. The van der Waals surface area contributed by atoms with Crippen molar-refractivity contribution in [3.05, 3.63) is 0 Å². The third kappa shape index (κ3) is 2.95. The van der Waals surface area contributed by atoms with Crippen molar-refractivity contribution >= 4 is 5.91 Å². The second-order valence-electron chi connectivity index (χ2n) is 5.22. The molecule has 1 heterocycles. The first-order chi connectivity index (χ1) is 7.68. The van der Waals surface area contributed by atoms with Crippen molar-refractivity contribution in [1.82, 2.24) is 10.2 Å². The summed E-state index contributed by atoms with van der Waals surface area (Å²) in [4.78, 5) is 13.6. The Hall–Kier alpha value is -0.610. The summed E-state index contributed by atoms with van der Waals surface area (Å²) in [6, 6.07) is 0.513. The lowest BCUT2D eigenvalue weighted by Gasteiger charge is -2.33. The zero-order chi connectivity index (χ0) is 11.5. The van der Waals surface area contributed by atoms with Gasteiger partial charge in [0.1, 0.15) is 0 Å². The number of carbonyl (C=O) groups is 1. The Balaban J connectivity index is 1.88. The van der Waals surface area contributed by atoms with Gasteiger partial charge >= 0.3 is 0 Å². The number of piperidine rings is 1. The van der Waals surface area contributed by atoms with Crippen molar-refractivity contribution in [3.63, 3.8) is 0 Å². The lowest BCUT2D eigenvalue weighted by Crippen LogP contribution is -2.48. The molecule has 0 radical (unpaired) electrons. The molecule has 0 aromatic carbocycles. The van der Waals surface area contributed by atoms with Crippen LogP contribution in [0.4, 0.5) is 0 Å². The van der Waals surface area contributed by atoms with Crippen LogP contribution in [0, 0.1) is 5.92 Å². The number of rotatable bonds is 5. The Kier molecular flexibility index (Phi) is 3.82. The zero-order valence-electron chi connectivity index (χ0n) is 10.1. The molecule has 1 saturated heterocycles. The van der Waals surface area contributed by atoms with Crippen LogP contribution in [0.25, 0.3) is 0 Å². The molecule has 4 heteroatoms. The van der Waals surface area contributed by atoms with E-state index >= 15 is 0 Å². The van der Waals surface area contributed by atoms with E-state index in [0.29, 0.717) is 12.0 Å². The van der Waals surface area contributed by atoms with Gasteiger partial charge in [0.25, 0.3) is 0 Å². The second-order valence-corrected chi connectivity index (χ2v) is 5.22. The summed E-state index contributed by atoms with van der Waals surface area (Å²) in [7, 11) is 0. The molecule has 2 atom stereocenters. The second kappa shape index (κ2) is 5.15. The number of nitrogens with one attached hydrogen (secondary N) is 1. The Morgan fingerprint density at radius 1 is 1.50 bits per heavy atom. The number of hydrogen-bond donors (Lipinski definition) is 2. The summed E-state index contributed by atoms with van der Waals surface area (Å²) in [6.45, 7) is 5.21. The van der Waals surface area contributed by atoms with Gasteiger partial charge in [0.05, 0.1) is 6.04 Å².